The van der Waals surface area contributed by atoms with Gasteiger partial charge in [-0.2, -0.15) is 0 Å². The van der Waals surface area contributed by atoms with Crippen LogP contribution in [0.15, 0.2) is 4.99 Å². The molecule has 2 aliphatic carbocycles. The Hall–Kier alpha value is -0.730. The van der Waals surface area contributed by atoms with Crippen LogP contribution in [-0.4, -0.2) is 18.2 Å². The lowest BCUT2D eigenvalue weighted by atomic mass is 9.73. The van der Waals surface area contributed by atoms with Gasteiger partial charge in [0.15, 0.2) is 0 Å². The molecule has 2 N–H and O–H groups in total. The number of nitrogens with two attached hydrogens (primary N) is 1. The number of rotatable bonds is 0. The van der Waals surface area contributed by atoms with Crippen LogP contribution in [0.3, 0.4) is 0 Å². The molecule has 78 valence electrons. The maximum atomic E-state index is 5.88. The van der Waals surface area contributed by atoms with Gasteiger partial charge in [-0.05, 0) is 32.1 Å². The molecule has 0 saturated heterocycles. The molecule has 0 bridgehead atoms. The van der Waals surface area contributed by atoms with E-state index in [0.717, 1.165) is 13.0 Å². The molecule has 0 aromatic carbocycles. The van der Waals surface area contributed by atoms with Crippen LogP contribution < -0.4 is 5.73 Å². The third kappa shape index (κ3) is 0.904. The minimum absolute atomic E-state index is 0.00752. The van der Waals surface area contributed by atoms with Gasteiger partial charge in [0.2, 0.25) is 0 Å². The zero-order chi connectivity index (χ0) is 9.65. The molecule has 1 atom stereocenters. The van der Waals surface area contributed by atoms with Gasteiger partial charge in [-0.3, -0.25) is 0 Å². The minimum Gasteiger partial charge on any atom is -0.456 e. The van der Waals surface area contributed by atoms with E-state index in [1.165, 1.54) is 38.5 Å². The number of hydrogen-bond acceptors (Lipinski definition) is 3. The SMILES string of the molecule is NC1=NCC2(CCCC23CCCC3)O1. The average Bonchev–Trinajstić information content (AvgIpc) is 2.82. The van der Waals surface area contributed by atoms with Crippen molar-refractivity contribution in [3.05, 3.63) is 0 Å². The molecule has 3 nitrogen and oxygen atoms in total. The number of fused-ring (bicyclic) bond motifs is 1. The van der Waals surface area contributed by atoms with Crippen LogP contribution >= 0.6 is 0 Å². The summed E-state index contributed by atoms with van der Waals surface area (Å²) in [5.41, 5.74) is 6.10. The van der Waals surface area contributed by atoms with Crippen molar-refractivity contribution in [3.63, 3.8) is 0 Å². The van der Waals surface area contributed by atoms with Crippen molar-refractivity contribution >= 4 is 6.02 Å². The van der Waals surface area contributed by atoms with Crippen molar-refractivity contribution in [3.8, 4) is 0 Å². The number of aliphatic imine (C=N–C) groups is 1. The van der Waals surface area contributed by atoms with Gasteiger partial charge < -0.3 is 10.5 Å². The molecule has 1 heterocycles. The Bertz CT molecular complexity index is 276. The summed E-state index contributed by atoms with van der Waals surface area (Å²) < 4.78 is 5.88. The molecule has 0 aromatic rings. The van der Waals surface area contributed by atoms with Crippen molar-refractivity contribution < 1.29 is 4.74 Å². The molecular weight excluding hydrogens is 176 g/mol. The fourth-order valence-electron chi connectivity index (χ4n) is 3.84. The lowest BCUT2D eigenvalue weighted by Crippen LogP contribution is -2.46. The predicted molar refractivity (Wildman–Crippen MR) is 55.1 cm³/mol. The Morgan fingerprint density at radius 3 is 2.43 bits per heavy atom. The Balaban J connectivity index is 1.91. The lowest BCUT2D eigenvalue weighted by Gasteiger charge is -2.39. The fourth-order valence-corrected chi connectivity index (χ4v) is 3.84. The molecule has 14 heavy (non-hydrogen) atoms. The molecule has 0 amide bonds. The normalized spacial score (nSPS) is 39.3. The van der Waals surface area contributed by atoms with Crippen LogP contribution in [-0.2, 0) is 4.74 Å². The zero-order valence-corrected chi connectivity index (χ0v) is 8.59. The van der Waals surface area contributed by atoms with Gasteiger partial charge in [-0.15, -0.1) is 0 Å². The van der Waals surface area contributed by atoms with E-state index in [2.05, 4.69) is 4.99 Å². The first-order valence-electron chi connectivity index (χ1n) is 5.75. The quantitative estimate of drug-likeness (QED) is 0.639. The summed E-state index contributed by atoms with van der Waals surface area (Å²) >= 11 is 0. The van der Waals surface area contributed by atoms with Gasteiger partial charge in [0.1, 0.15) is 5.60 Å². The first-order valence-corrected chi connectivity index (χ1v) is 5.75. The maximum Gasteiger partial charge on any atom is 0.282 e. The molecule has 3 heteroatoms. The van der Waals surface area contributed by atoms with Crippen LogP contribution in [0, 0.1) is 5.41 Å². The third-order valence-electron chi connectivity index (χ3n) is 4.55. The Kier molecular flexibility index (Phi) is 1.62. The van der Waals surface area contributed by atoms with Crippen LogP contribution in [0.2, 0.25) is 0 Å². The minimum atomic E-state index is 0.00752. The van der Waals surface area contributed by atoms with Crippen molar-refractivity contribution in [2.75, 3.05) is 6.54 Å². The van der Waals surface area contributed by atoms with Crippen LogP contribution in [0.25, 0.3) is 0 Å². The third-order valence-corrected chi connectivity index (χ3v) is 4.55. The van der Waals surface area contributed by atoms with Crippen LogP contribution in [0.1, 0.15) is 44.9 Å². The summed E-state index contributed by atoms with van der Waals surface area (Å²) in [7, 11) is 0. The van der Waals surface area contributed by atoms with Gasteiger partial charge in [0.05, 0.1) is 6.54 Å². The highest BCUT2D eigenvalue weighted by Crippen LogP contribution is 2.59. The summed E-state index contributed by atoms with van der Waals surface area (Å²) in [5, 5.41) is 0. The van der Waals surface area contributed by atoms with E-state index in [9.17, 15) is 0 Å². The van der Waals surface area contributed by atoms with E-state index in [4.69, 9.17) is 10.5 Å². The van der Waals surface area contributed by atoms with Crippen molar-refractivity contribution in [2.45, 2.75) is 50.5 Å². The van der Waals surface area contributed by atoms with Gasteiger partial charge in [0.25, 0.3) is 6.02 Å². The van der Waals surface area contributed by atoms with E-state index in [0.29, 0.717) is 11.4 Å². The molecule has 1 aliphatic heterocycles. The van der Waals surface area contributed by atoms with Gasteiger partial charge >= 0.3 is 0 Å². The van der Waals surface area contributed by atoms with E-state index < -0.39 is 0 Å². The van der Waals surface area contributed by atoms with E-state index in [1.807, 2.05) is 0 Å². The Morgan fingerprint density at radius 1 is 1.07 bits per heavy atom. The highest BCUT2D eigenvalue weighted by atomic mass is 16.5. The maximum absolute atomic E-state index is 5.88. The smallest absolute Gasteiger partial charge is 0.282 e. The number of hydrogen-bond donors (Lipinski definition) is 1. The lowest BCUT2D eigenvalue weighted by molar-refractivity contribution is -0.0221. The summed E-state index contributed by atoms with van der Waals surface area (Å²) in [6.07, 6.45) is 9.18. The standard InChI is InChI=1S/C11H18N2O/c12-9-13-8-11(14-9)7-3-6-10(11)4-1-2-5-10/h1-8H2,(H2,12,13). The van der Waals surface area contributed by atoms with Crippen molar-refractivity contribution in [1.29, 1.82) is 0 Å². The highest BCUT2D eigenvalue weighted by molar-refractivity contribution is 5.74. The van der Waals surface area contributed by atoms with Crippen LogP contribution in [0.5, 0.6) is 0 Å². The molecule has 2 fully saturated rings. The molecule has 2 saturated carbocycles. The molecule has 0 aromatic heterocycles. The zero-order valence-electron chi connectivity index (χ0n) is 8.59. The van der Waals surface area contributed by atoms with Crippen molar-refractivity contribution in [2.24, 2.45) is 16.1 Å². The Morgan fingerprint density at radius 2 is 1.79 bits per heavy atom. The second-order valence-electron chi connectivity index (χ2n) is 5.09. The molecule has 0 radical (unpaired) electrons. The number of amidine groups is 1. The molecule has 2 spiro atoms. The summed E-state index contributed by atoms with van der Waals surface area (Å²) in [6.45, 7) is 0.818. The molecule has 3 aliphatic rings. The fraction of sp³-hybridized carbons (Fsp3) is 0.909. The molecule has 3 rings (SSSR count). The van der Waals surface area contributed by atoms with E-state index in [-0.39, 0.29) is 5.60 Å². The summed E-state index contributed by atoms with van der Waals surface area (Å²) in [5.74, 6) is 0. The second-order valence-corrected chi connectivity index (χ2v) is 5.09. The van der Waals surface area contributed by atoms with Gasteiger partial charge in [0, 0.05) is 5.41 Å². The first kappa shape index (κ1) is 8.57. The van der Waals surface area contributed by atoms with E-state index in [1.54, 1.807) is 0 Å². The van der Waals surface area contributed by atoms with E-state index >= 15 is 0 Å². The topological polar surface area (TPSA) is 47.6 Å². The Labute approximate surface area is 84.7 Å². The van der Waals surface area contributed by atoms with Gasteiger partial charge in [-0.1, -0.05) is 12.8 Å². The van der Waals surface area contributed by atoms with Crippen molar-refractivity contribution in [1.82, 2.24) is 0 Å². The number of ether oxygens (including phenoxy) is 1. The summed E-state index contributed by atoms with van der Waals surface area (Å²) in [4.78, 5) is 4.26. The average molecular weight is 194 g/mol. The van der Waals surface area contributed by atoms with Gasteiger partial charge in [-0.25, -0.2) is 4.99 Å². The summed E-state index contributed by atoms with van der Waals surface area (Å²) in [6, 6.07) is 0.429. The first-order chi connectivity index (χ1) is 6.77. The highest BCUT2D eigenvalue weighted by Gasteiger charge is 2.59. The molecular formula is C11H18N2O. The molecule has 1 unspecified atom stereocenters. The largest absolute Gasteiger partial charge is 0.456 e. The predicted octanol–water partition coefficient (Wildman–Crippen LogP) is 1.81. The second kappa shape index (κ2) is 2.65. The monoisotopic (exact) mass is 194 g/mol. The number of nitrogens with zero attached hydrogens (tertiary/aromatic N) is 1. The van der Waals surface area contributed by atoms with Crippen LogP contribution in [0.4, 0.5) is 0 Å².